The fourth-order valence-corrected chi connectivity index (χ4v) is 2.16. The minimum absolute atomic E-state index is 0.202. The van der Waals surface area contributed by atoms with Gasteiger partial charge in [0.25, 0.3) is 0 Å². The molecule has 1 aromatic heterocycles. The zero-order chi connectivity index (χ0) is 13.0. The highest BCUT2D eigenvalue weighted by molar-refractivity contribution is 9.10. The molecule has 5 heteroatoms. The van der Waals surface area contributed by atoms with Gasteiger partial charge in [-0.25, -0.2) is 4.98 Å². The summed E-state index contributed by atoms with van der Waals surface area (Å²) < 4.78 is 0.807. The van der Waals surface area contributed by atoms with Gasteiger partial charge in [0, 0.05) is 6.20 Å². The first-order valence-corrected chi connectivity index (χ1v) is 6.87. The van der Waals surface area contributed by atoms with Gasteiger partial charge in [-0.05, 0) is 39.5 Å². The number of nitrogens with one attached hydrogen (secondary N) is 1. The molecule has 0 bridgehead atoms. The molecule has 18 heavy (non-hydrogen) atoms. The van der Waals surface area contributed by atoms with Gasteiger partial charge in [0.15, 0.2) is 0 Å². The maximum Gasteiger partial charge on any atom is 0.224 e. The van der Waals surface area contributed by atoms with Crippen molar-refractivity contribution in [3.63, 3.8) is 0 Å². The van der Waals surface area contributed by atoms with E-state index in [2.05, 4.69) is 50.3 Å². The molecule has 1 atom stereocenters. The lowest BCUT2D eigenvalue weighted by atomic mass is 10.0. The van der Waals surface area contributed by atoms with Crippen LogP contribution in [-0.4, -0.2) is 9.97 Å². The average Bonchev–Trinajstić information content (AvgIpc) is 2.41. The van der Waals surface area contributed by atoms with Crippen LogP contribution in [0.3, 0.4) is 0 Å². The van der Waals surface area contributed by atoms with Gasteiger partial charge in [-0.3, -0.25) is 0 Å². The van der Waals surface area contributed by atoms with E-state index in [9.17, 15) is 0 Å². The minimum Gasteiger partial charge on any atom is -0.362 e. The first-order chi connectivity index (χ1) is 8.70. The quantitative estimate of drug-likeness (QED) is 0.843. The Morgan fingerprint density at radius 2 is 2.06 bits per heavy atom. The van der Waals surface area contributed by atoms with E-state index in [4.69, 9.17) is 11.6 Å². The Balaban J connectivity index is 2.23. The van der Waals surface area contributed by atoms with Crippen LogP contribution in [0.2, 0.25) is 5.28 Å². The highest BCUT2D eigenvalue weighted by Gasteiger charge is 2.12. The Labute approximate surface area is 120 Å². The molecule has 1 heterocycles. The summed E-state index contributed by atoms with van der Waals surface area (Å²) in [6.07, 6.45) is 2.60. The number of anilines is 1. The fraction of sp³-hybridized carbons (Fsp3) is 0.231. The molecule has 0 saturated carbocycles. The second-order valence-corrected chi connectivity index (χ2v) is 5.04. The van der Waals surface area contributed by atoms with E-state index in [1.165, 1.54) is 5.56 Å². The van der Waals surface area contributed by atoms with Gasteiger partial charge in [-0.2, -0.15) is 4.98 Å². The summed E-state index contributed by atoms with van der Waals surface area (Å²) in [7, 11) is 0. The summed E-state index contributed by atoms with van der Waals surface area (Å²) in [5, 5.41) is 3.61. The number of aromatic nitrogens is 2. The van der Waals surface area contributed by atoms with E-state index in [1.54, 1.807) is 6.20 Å². The van der Waals surface area contributed by atoms with Gasteiger partial charge in [0.1, 0.15) is 5.82 Å². The summed E-state index contributed by atoms with van der Waals surface area (Å²) in [4.78, 5) is 8.09. The Hall–Kier alpha value is -1.13. The lowest BCUT2D eigenvalue weighted by molar-refractivity contribution is 0.743. The summed E-state index contributed by atoms with van der Waals surface area (Å²) in [5.41, 5.74) is 1.22. The van der Waals surface area contributed by atoms with Crippen molar-refractivity contribution < 1.29 is 0 Å². The number of benzene rings is 1. The molecule has 0 aliphatic rings. The zero-order valence-corrected chi connectivity index (χ0v) is 12.2. The van der Waals surface area contributed by atoms with Crippen LogP contribution in [0.4, 0.5) is 5.82 Å². The number of nitrogens with zero attached hydrogens (tertiary/aromatic N) is 2. The number of hydrogen-bond donors (Lipinski definition) is 1. The number of rotatable bonds is 4. The van der Waals surface area contributed by atoms with Gasteiger partial charge in [-0.1, -0.05) is 37.3 Å². The van der Waals surface area contributed by atoms with Crippen molar-refractivity contribution in [1.29, 1.82) is 0 Å². The average molecular weight is 327 g/mol. The van der Waals surface area contributed by atoms with Crippen LogP contribution < -0.4 is 5.32 Å². The fourth-order valence-electron chi connectivity index (χ4n) is 1.72. The summed E-state index contributed by atoms with van der Waals surface area (Å²) in [5.74, 6) is 0.714. The van der Waals surface area contributed by atoms with Crippen molar-refractivity contribution in [2.45, 2.75) is 19.4 Å². The number of hydrogen-bond acceptors (Lipinski definition) is 3. The number of halogens is 2. The van der Waals surface area contributed by atoms with Crippen molar-refractivity contribution in [3.8, 4) is 0 Å². The van der Waals surface area contributed by atoms with E-state index in [-0.39, 0.29) is 11.3 Å². The molecule has 1 N–H and O–H groups in total. The SMILES string of the molecule is CCC(Nc1nc(Cl)ncc1Br)c1ccccc1. The molecule has 94 valence electrons. The Kier molecular flexibility index (Phi) is 4.55. The van der Waals surface area contributed by atoms with Crippen LogP contribution in [0, 0.1) is 0 Å². The third kappa shape index (κ3) is 3.21. The second-order valence-electron chi connectivity index (χ2n) is 3.85. The molecule has 3 nitrogen and oxygen atoms in total. The van der Waals surface area contributed by atoms with Crippen molar-refractivity contribution in [3.05, 3.63) is 51.8 Å². The summed E-state index contributed by atoms with van der Waals surface area (Å²) >= 11 is 9.22. The van der Waals surface area contributed by atoms with E-state index in [0.717, 1.165) is 10.9 Å². The highest BCUT2D eigenvalue weighted by Crippen LogP contribution is 2.26. The molecule has 0 spiro atoms. The third-order valence-corrected chi connectivity index (χ3v) is 3.40. The van der Waals surface area contributed by atoms with Crippen molar-refractivity contribution >= 4 is 33.3 Å². The molecule has 0 fully saturated rings. The molecular weight excluding hydrogens is 314 g/mol. The van der Waals surface area contributed by atoms with E-state index < -0.39 is 0 Å². The zero-order valence-electron chi connectivity index (χ0n) is 9.90. The Morgan fingerprint density at radius 3 is 2.72 bits per heavy atom. The smallest absolute Gasteiger partial charge is 0.224 e. The standard InChI is InChI=1S/C13H13BrClN3/c1-2-11(9-6-4-3-5-7-9)17-12-10(14)8-16-13(15)18-12/h3-8,11H,2H2,1H3,(H,16,17,18). The van der Waals surface area contributed by atoms with Crippen molar-refractivity contribution in [1.82, 2.24) is 9.97 Å². The summed E-state index contributed by atoms with van der Waals surface area (Å²) in [6.45, 7) is 2.13. The first kappa shape index (κ1) is 13.3. The van der Waals surface area contributed by atoms with Gasteiger partial charge in [-0.15, -0.1) is 0 Å². The largest absolute Gasteiger partial charge is 0.362 e. The highest BCUT2D eigenvalue weighted by atomic mass is 79.9. The molecule has 1 unspecified atom stereocenters. The van der Waals surface area contributed by atoms with Gasteiger partial charge >= 0.3 is 0 Å². The lowest BCUT2D eigenvalue weighted by Gasteiger charge is -2.18. The maximum absolute atomic E-state index is 5.81. The molecule has 0 radical (unpaired) electrons. The van der Waals surface area contributed by atoms with Crippen LogP contribution >= 0.6 is 27.5 Å². The van der Waals surface area contributed by atoms with Crippen LogP contribution in [0.5, 0.6) is 0 Å². The van der Waals surface area contributed by atoms with E-state index in [1.807, 2.05) is 18.2 Å². The molecule has 2 rings (SSSR count). The topological polar surface area (TPSA) is 37.8 Å². The predicted octanol–water partition coefficient (Wildman–Crippen LogP) is 4.46. The first-order valence-electron chi connectivity index (χ1n) is 5.70. The van der Waals surface area contributed by atoms with E-state index in [0.29, 0.717) is 5.82 Å². The van der Waals surface area contributed by atoms with Gasteiger partial charge in [0.2, 0.25) is 5.28 Å². The van der Waals surface area contributed by atoms with Crippen LogP contribution in [0.25, 0.3) is 0 Å². The predicted molar refractivity (Wildman–Crippen MR) is 77.8 cm³/mol. The van der Waals surface area contributed by atoms with Crippen molar-refractivity contribution in [2.75, 3.05) is 5.32 Å². The normalized spacial score (nSPS) is 12.2. The molecule has 0 aliphatic heterocycles. The van der Waals surface area contributed by atoms with Crippen LogP contribution in [0.15, 0.2) is 41.0 Å². The van der Waals surface area contributed by atoms with Gasteiger partial charge < -0.3 is 5.32 Å². The Bertz CT molecular complexity index is 519. The second kappa shape index (κ2) is 6.16. The Morgan fingerprint density at radius 1 is 1.33 bits per heavy atom. The van der Waals surface area contributed by atoms with Crippen LogP contribution in [-0.2, 0) is 0 Å². The lowest BCUT2D eigenvalue weighted by Crippen LogP contribution is -2.11. The summed E-state index contributed by atoms with van der Waals surface area (Å²) in [6, 6.07) is 10.5. The maximum atomic E-state index is 5.81. The van der Waals surface area contributed by atoms with E-state index >= 15 is 0 Å². The van der Waals surface area contributed by atoms with Crippen molar-refractivity contribution in [2.24, 2.45) is 0 Å². The molecular formula is C13H13BrClN3. The molecule has 2 aromatic rings. The third-order valence-electron chi connectivity index (χ3n) is 2.64. The van der Waals surface area contributed by atoms with Crippen LogP contribution in [0.1, 0.15) is 24.9 Å². The minimum atomic E-state index is 0.202. The molecule has 0 amide bonds. The molecule has 0 saturated heterocycles. The monoisotopic (exact) mass is 325 g/mol. The molecule has 1 aromatic carbocycles. The van der Waals surface area contributed by atoms with Gasteiger partial charge in [0.05, 0.1) is 10.5 Å². The molecule has 0 aliphatic carbocycles.